The summed E-state index contributed by atoms with van der Waals surface area (Å²) in [5, 5.41) is 4.34. The molecule has 0 aliphatic heterocycles. The van der Waals surface area contributed by atoms with Crippen molar-refractivity contribution in [3.63, 3.8) is 0 Å². The first-order valence-corrected chi connectivity index (χ1v) is 8.90. The molecule has 2 rings (SSSR count). The van der Waals surface area contributed by atoms with Crippen LogP contribution in [0, 0.1) is 0 Å². The predicted molar refractivity (Wildman–Crippen MR) is 78.5 cm³/mol. The van der Waals surface area contributed by atoms with Crippen LogP contribution in [-0.4, -0.2) is 14.8 Å². The fraction of sp³-hybridized carbons (Fsp3) is 0.133. The van der Waals surface area contributed by atoms with E-state index in [0.29, 0.717) is 0 Å². The Morgan fingerprint density at radius 3 is 1.67 bits per heavy atom. The van der Waals surface area contributed by atoms with Gasteiger partial charge in [-0.3, -0.25) is 0 Å². The van der Waals surface area contributed by atoms with E-state index < -0.39 is 9.04 Å². The van der Waals surface area contributed by atoms with E-state index in [-0.39, 0.29) is 0 Å². The molecule has 0 N–H and O–H groups in total. The summed E-state index contributed by atoms with van der Waals surface area (Å²) in [6.07, 6.45) is 0. The van der Waals surface area contributed by atoms with Gasteiger partial charge in [-0.15, -0.1) is 5.16 Å². The van der Waals surface area contributed by atoms with Gasteiger partial charge in [-0.1, -0.05) is 60.7 Å². The zero-order chi connectivity index (χ0) is 12.8. The zero-order valence-electron chi connectivity index (χ0n) is 10.7. The number of hydrogen-bond donors (Lipinski definition) is 0. The Labute approximate surface area is 110 Å². The third-order valence-corrected chi connectivity index (χ3v) is 2.98. The van der Waals surface area contributed by atoms with Crippen LogP contribution in [0.15, 0.2) is 65.8 Å². The van der Waals surface area contributed by atoms with Crippen LogP contribution in [0.25, 0.3) is 0 Å². The summed E-state index contributed by atoms with van der Waals surface area (Å²) in [5.74, 6) is 0. The highest BCUT2D eigenvalue weighted by Crippen LogP contribution is 2.11. The topological polar surface area (TPSA) is 21.6 Å². The number of nitrogens with zero attached hydrogens (tertiary/aromatic N) is 1. The third kappa shape index (κ3) is 3.31. The summed E-state index contributed by atoms with van der Waals surface area (Å²) in [6, 6.07) is 20.3. The molecular formula is C15H17NOSi. The van der Waals surface area contributed by atoms with Gasteiger partial charge in [-0.25, -0.2) is 0 Å². The largest absolute Gasteiger partial charge is 0.459 e. The van der Waals surface area contributed by atoms with Crippen molar-refractivity contribution in [1.82, 2.24) is 0 Å². The van der Waals surface area contributed by atoms with Gasteiger partial charge in [-0.2, -0.15) is 0 Å². The molecule has 0 unspecified atom stereocenters. The maximum absolute atomic E-state index is 5.54. The van der Waals surface area contributed by atoms with Crippen LogP contribution in [0.5, 0.6) is 0 Å². The van der Waals surface area contributed by atoms with Crippen LogP contribution >= 0.6 is 0 Å². The average molecular weight is 255 g/mol. The van der Waals surface area contributed by atoms with E-state index in [2.05, 4.69) is 42.5 Å². The van der Waals surface area contributed by atoms with Crippen LogP contribution in [-0.2, 0) is 4.53 Å². The number of benzene rings is 2. The molecule has 0 fully saturated rings. The zero-order valence-corrected chi connectivity index (χ0v) is 11.9. The lowest BCUT2D eigenvalue weighted by molar-refractivity contribution is 0.352. The lowest BCUT2D eigenvalue weighted by Gasteiger charge is -2.08. The summed E-state index contributed by atoms with van der Waals surface area (Å²) < 4.78 is 5.54. The molecule has 0 radical (unpaired) electrons. The normalized spacial score (nSPS) is 10.2. The van der Waals surface area contributed by atoms with Crippen LogP contribution in [0.1, 0.15) is 11.1 Å². The van der Waals surface area contributed by atoms with E-state index in [1.165, 1.54) is 0 Å². The summed E-state index contributed by atoms with van der Waals surface area (Å²) in [7, 11) is -1.16. The van der Waals surface area contributed by atoms with Crippen molar-refractivity contribution in [3.8, 4) is 0 Å². The van der Waals surface area contributed by atoms with Gasteiger partial charge in [-0.05, 0) is 13.1 Å². The van der Waals surface area contributed by atoms with E-state index in [4.69, 9.17) is 4.53 Å². The molecule has 2 aromatic rings. The Bertz CT molecular complexity index is 467. The van der Waals surface area contributed by atoms with Crippen LogP contribution < -0.4 is 0 Å². The molecule has 0 saturated heterocycles. The minimum absolute atomic E-state index is 0.900. The average Bonchev–Trinajstić information content (AvgIpc) is 2.41. The molecule has 0 atom stereocenters. The molecule has 0 aliphatic rings. The van der Waals surface area contributed by atoms with Crippen LogP contribution in [0.2, 0.25) is 13.1 Å². The van der Waals surface area contributed by atoms with Crippen molar-refractivity contribution >= 4 is 14.8 Å². The molecule has 0 amide bonds. The van der Waals surface area contributed by atoms with Crippen molar-refractivity contribution in [1.29, 1.82) is 0 Å². The Balaban J connectivity index is 2.39. The fourth-order valence-corrected chi connectivity index (χ4v) is 1.94. The van der Waals surface area contributed by atoms with E-state index in [9.17, 15) is 0 Å². The lowest BCUT2D eigenvalue weighted by Crippen LogP contribution is -2.09. The second kappa shape index (κ2) is 6.17. The Kier molecular flexibility index (Phi) is 4.31. The van der Waals surface area contributed by atoms with Gasteiger partial charge in [0.25, 0.3) is 9.04 Å². The van der Waals surface area contributed by atoms with Gasteiger partial charge >= 0.3 is 0 Å². The highest BCUT2D eigenvalue weighted by atomic mass is 28.3. The monoisotopic (exact) mass is 255 g/mol. The van der Waals surface area contributed by atoms with E-state index in [1.54, 1.807) is 0 Å². The smallest absolute Gasteiger partial charge is 0.266 e. The van der Waals surface area contributed by atoms with Gasteiger partial charge in [0, 0.05) is 11.1 Å². The molecule has 0 heterocycles. The van der Waals surface area contributed by atoms with Gasteiger partial charge in [0.1, 0.15) is 5.71 Å². The Morgan fingerprint density at radius 2 is 1.28 bits per heavy atom. The van der Waals surface area contributed by atoms with Crippen molar-refractivity contribution < 1.29 is 4.53 Å². The SMILES string of the molecule is C[SiH](C)ON=C(c1ccccc1)c1ccccc1. The number of hydrogen-bond acceptors (Lipinski definition) is 2. The standard InChI is InChI=1S/C15H17NOSi/c1-18(2)17-16-15(13-9-5-3-6-10-13)14-11-7-4-8-12-14/h3-12,18H,1-2H3. The minimum Gasteiger partial charge on any atom is -0.459 e. The molecule has 0 saturated carbocycles. The quantitative estimate of drug-likeness (QED) is 0.466. The Hall–Kier alpha value is -1.87. The Morgan fingerprint density at radius 1 is 0.833 bits per heavy atom. The molecule has 0 spiro atoms. The first-order chi connectivity index (χ1) is 8.77. The second-order valence-electron chi connectivity index (χ2n) is 4.33. The molecule has 18 heavy (non-hydrogen) atoms. The van der Waals surface area contributed by atoms with Gasteiger partial charge in [0.2, 0.25) is 0 Å². The van der Waals surface area contributed by atoms with Crippen LogP contribution in [0.3, 0.4) is 0 Å². The van der Waals surface area contributed by atoms with Crippen molar-refractivity contribution in [2.24, 2.45) is 5.16 Å². The van der Waals surface area contributed by atoms with Crippen molar-refractivity contribution in [3.05, 3.63) is 71.8 Å². The summed E-state index contributed by atoms with van der Waals surface area (Å²) in [6.45, 7) is 4.22. The molecule has 0 bridgehead atoms. The molecule has 0 aliphatic carbocycles. The maximum atomic E-state index is 5.54. The molecular weight excluding hydrogens is 238 g/mol. The second-order valence-corrected chi connectivity index (χ2v) is 6.63. The third-order valence-electron chi connectivity index (χ3n) is 2.45. The number of rotatable bonds is 4. The van der Waals surface area contributed by atoms with Crippen molar-refractivity contribution in [2.45, 2.75) is 13.1 Å². The van der Waals surface area contributed by atoms with Crippen LogP contribution in [0.4, 0.5) is 0 Å². The highest BCUT2D eigenvalue weighted by molar-refractivity contribution is 6.48. The maximum Gasteiger partial charge on any atom is 0.266 e. The van der Waals surface area contributed by atoms with E-state index in [0.717, 1.165) is 16.8 Å². The lowest BCUT2D eigenvalue weighted by atomic mass is 10.0. The molecule has 3 heteroatoms. The first kappa shape index (κ1) is 12.6. The minimum atomic E-state index is -1.16. The first-order valence-electron chi connectivity index (χ1n) is 6.12. The van der Waals surface area contributed by atoms with Gasteiger partial charge < -0.3 is 4.53 Å². The molecule has 92 valence electrons. The molecule has 2 nitrogen and oxygen atoms in total. The summed E-state index contributed by atoms with van der Waals surface area (Å²) in [4.78, 5) is 0. The highest BCUT2D eigenvalue weighted by Gasteiger charge is 2.07. The van der Waals surface area contributed by atoms with Gasteiger partial charge in [0.15, 0.2) is 0 Å². The van der Waals surface area contributed by atoms with Gasteiger partial charge in [0.05, 0.1) is 0 Å². The molecule has 0 aromatic heterocycles. The van der Waals surface area contributed by atoms with Crippen molar-refractivity contribution in [2.75, 3.05) is 0 Å². The fourth-order valence-electron chi connectivity index (χ4n) is 1.62. The predicted octanol–water partition coefficient (Wildman–Crippen LogP) is 3.44. The molecule has 2 aromatic carbocycles. The summed E-state index contributed by atoms with van der Waals surface area (Å²) >= 11 is 0. The summed E-state index contributed by atoms with van der Waals surface area (Å²) in [5.41, 5.74) is 3.06. The number of oxime groups is 1. The van der Waals surface area contributed by atoms with E-state index in [1.807, 2.05) is 36.4 Å². The van der Waals surface area contributed by atoms with E-state index >= 15 is 0 Å².